The number of benzene rings is 1. The first kappa shape index (κ1) is 17.0. The number of rotatable bonds is 7. The number of halogens is 1. The molecule has 1 amide bonds. The minimum absolute atomic E-state index is 0.00171. The predicted molar refractivity (Wildman–Crippen MR) is 88.7 cm³/mol. The van der Waals surface area contributed by atoms with Crippen molar-refractivity contribution in [3.05, 3.63) is 34.3 Å². The molecule has 0 bridgehead atoms. The van der Waals surface area contributed by atoms with E-state index in [9.17, 15) is 9.59 Å². The van der Waals surface area contributed by atoms with Crippen LogP contribution in [0.25, 0.3) is 0 Å². The van der Waals surface area contributed by atoms with Gasteiger partial charge in [0, 0.05) is 23.5 Å². The quantitative estimate of drug-likeness (QED) is 0.801. The van der Waals surface area contributed by atoms with Gasteiger partial charge in [-0.25, -0.2) is 0 Å². The fraction of sp³-hybridized carbons (Fsp3) is 0.529. The molecule has 2 rings (SSSR count). The summed E-state index contributed by atoms with van der Waals surface area (Å²) in [7, 11) is 0. The van der Waals surface area contributed by atoms with Gasteiger partial charge >= 0.3 is 5.97 Å². The van der Waals surface area contributed by atoms with Crippen LogP contribution in [0.4, 0.5) is 0 Å². The van der Waals surface area contributed by atoms with Crippen LogP contribution in [0.15, 0.2) is 28.7 Å². The Morgan fingerprint density at radius 1 is 1.41 bits per heavy atom. The first-order valence-corrected chi connectivity index (χ1v) is 8.43. The maximum Gasteiger partial charge on any atom is 0.305 e. The third kappa shape index (κ3) is 4.57. The van der Waals surface area contributed by atoms with Crippen molar-refractivity contribution in [1.29, 1.82) is 0 Å². The van der Waals surface area contributed by atoms with Gasteiger partial charge in [-0.2, -0.15) is 0 Å². The van der Waals surface area contributed by atoms with E-state index < -0.39 is 5.97 Å². The molecule has 0 aliphatic heterocycles. The zero-order valence-corrected chi connectivity index (χ0v) is 14.5. The van der Waals surface area contributed by atoms with E-state index >= 15 is 0 Å². The molecule has 1 fully saturated rings. The number of nitrogens with zero attached hydrogens (tertiary/aromatic N) is 1. The lowest BCUT2D eigenvalue weighted by atomic mass is 10.1. The lowest BCUT2D eigenvalue weighted by Gasteiger charge is -2.24. The molecule has 1 aliphatic carbocycles. The van der Waals surface area contributed by atoms with Crippen molar-refractivity contribution < 1.29 is 14.7 Å². The van der Waals surface area contributed by atoms with Crippen LogP contribution in [0.5, 0.6) is 0 Å². The molecule has 1 aliphatic rings. The topological polar surface area (TPSA) is 57.6 Å². The second kappa shape index (κ2) is 7.27. The molecule has 1 saturated carbocycles. The smallest absolute Gasteiger partial charge is 0.305 e. The van der Waals surface area contributed by atoms with E-state index in [1.165, 1.54) is 5.56 Å². The molecule has 0 saturated heterocycles. The van der Waals surface area contributed by atoms with Crippen LogP contribution in [0.3, 0.4) is 0 Å². The Hall–Kier alpha value is -1.36. The summed E-state index contributed by atoms with van der Waals surface area (Å²) in [5.41, 5.74) is 1.18. The zero-order chi connectivity index (χ0) is 16.3. The minimum Gasteiger partial charge on any atom is -0.481 e. The van der Waals surface area contributed by atoms with Gasteiger partial charge in [0.05, 0.1) is 6.42 Å². The molecule has 120 valence electrons. The highest BCUT2D eigenvalue weighted by Crippen LogP contribution is 2.48. The Labute approximate surface area is 139 Å². The molecule has 1 aromatic carbocycles. The predicted octanol–water partition coefficient (Wildman–Crippen LogP) is 3.51. The van der Waals surface area contributed by atoms with Crippen LogP contribution in [0, 0.1) is 11.8 Å². The number of carbonyl (C=O) groups excluding carboxylic acids is 1. The molecule has 1 N–H and O–H groups in total. The normalized spacial score (nSPS) is 20.0. The van der Waals surface area contributed by atoms with Gasteiger partial charge in [0.1, 0.15) is 0 Å². The van der Waals surface area contributed by atoms with Gasteiger partial charge in [-0.1, -0.05) is 41.9 Å². The summed E-state index contributed by atoms with van der Waals surface area (Å²) >= 11 is 3.46. The standard InChI is InChI=1S/C17H22BrNO3/c1-11(2)10-19(7-6-16(20)21)17(22)15-9-14(15)12-4-3-5-13(18)8-12/h3-5,8,11,14-15H,6-7,9-10H2,1-2H3,(H,20,21). The SMILES string of the molecule is CC(C)CN(CCC(=O)O)C(=O)C1CC1c1cccc(Br)c1. The summed E-state index contributed by atoms with van der Waals surface area (Å²) in [6.07, 6.45) is 0.865. The van der Waals surface area contributed by atoms with Crippen LogP contribution >= 0.6 is 15.9 Å². The maximum absolute atomic E-state index is 12.6. The van der Waals surface area contributed by atoms with Crippen molar-refractivity contribution in [2.75, 3.05) is 13.1 Å². The van der Waals surface area contributed by atoms with Crippen LogP contribution in [0.2, 0.25) is 0 Å². The molecular weight excluding hydrogens is 346 g/mol. The number of aliphatic carboxylic acids is 1. The molecule has 0 spiro atoms. The van der Waals surface area contributed by atoms with Crippen LogP contribution in [0.1, 0.15) is 38.2 Å². The minimum atomic E-state index is -0.860. The molecule has 22 heavy (non-hydrogen) atoms. The molecule has 1 aromatic rings. The molecule has 5 heteroatoms. The summed E-state index contributed by atoms with van der Waals surface area (Å²) in [6.45, 7) is 5.00. The second-order valence-corrected chi connectivity index (χ2v) is 7.24. The Kier molecular flexibility index (Phi) is 5.62. The summed E-state index contributed by atoms with van der Waals surface area (Å²) < 4.78 is 1.02. The van der Waals surface area contributed by atoms with Crippen molar-refractivity contribution in [3.63, 3.8) is 0 Å². The van der Waals surface area contributed by atoms with Crippen LogP contribution < -0.4 is 0 Å². The average molecular weight is 368 g/mol. The average Bonchev–Trinajstić information content (AvgIpc) is 3.22. The van der Waals surface area contributed by atoms with Gasteiger partial charge in [0.2, 0.25) is 5.91 Å². The van der Waals surface area contributed by atoms with Crippen LogP contribution in [-0.4, -0.2) is 35.0 Å². The van der Waals surface area contributed by atoms with E-state index in [1.807, 2.05) is 32.0 Å². The maximum atomic E-state index is 12.6. The molecule has 2 unspecified atom stereocenters. The van der Waals surface area contributed by atoms with Gasteiger partial charge in [-0.15, -0.1) is 0 Å². The van der Waals surface area contributed by atoms with Crippen LogP contribution in [-0.2, 0) is 9.59 Å². The first-order valence-electron chi connectivity index (χ1n) is 7.64. The third-order valence-corrected chi connectivity index (χ3v) is 4.37. The van der Waals surface area contributed by atoms with E-state index in [0.717, 1.165) is 10.9 Å². The number of carbonyl (C=O) groups is 2. The Morgan fingerprint density at radius 3 is 2.73 bits per heavy atom. The summed E-state index contributed by atoms with van der Waals surface area (Å²) in [6, 6.07) is 8.06. The second-order valence-electron chi connectivity index (χ2n) is 6.33. The summed E-state index contributed by atoms with van der Waals surface area (Å²) in [4.78, 5) is 25.1. The first-order chi connectivity index (χ1) is 10.4. The highest BCUT2D eigenvalue weighted by molar-refractivity contribution is 9.10. The van der Waals surface area contributed by atoms with E-state index in [-0.39, 0.29) is 24.2 Å². The Balaban J connectivity index is 2.00. The van der Waals surface area contributed by atoms with Gasteiger partial charge in [0.25, 0.3) is 0 Å². The largest absolute Gasteiger partial charge is 0.481 e. The highest BCUT2D eigenvalue weighted by Gasteiger charge is 2.45. The Morgan fingerprint density at radius 2 is 2.14 bits per heavy atom. The van der Waals surface area contributed by atoms with Gasteiger partial charge in [0.15, 0.2) is 0 Å². The summed E-state index contributed by atoms with van der Waals surface area (Å²) in [5.74, 6) is -0.159. The number of hydrogen-bond acceptors (Lipinski definition) is 2. The number of carboxylic acid groups (broad SMARTS) is 1. The van der Waals surface area contributed by atoms with Crippen molar-refractivity contribution in [3.8, 4) is 0 Å². The van der Waals surface area contributed by atoms with Crippen molar-refractivity contribution in [2.45, 2.75) is 32.6 Å². The zero-order valence-electron chi connectivity index (χ0n) is 13.0. The highest BCUT2D eigenvalue weighted by atomic mass is 79.9. The van der Waals surface area contributed by atoms with Gasteiger partial charge < -0.3 is 10.0 Å². The molecule has 2 atom stereocenters. The molecule has 0 heterocycles. The van der Waals surface area contributed by atoms with Gasteiger partial charge in [-0.05, 0) is 36.0 Å². The number of hydrogen-bond donors (Lipinski definition) is 1. The summed E-state index contributed by atoms with van der Waals surface area (Å²) in [5, 5.41) is 8.85. The van der Waals surface area contributed by atoms with E-state index in [2.05, 4.69) is 22.0 Å². The van der Waals surface area contributed by atoms with E-state index in [4.69, 9.17) is 5.11 Å². The van der Waals surface area contributed by atoms with Crippen molar-refractivity contribution in [1.82, 2.24) is 4.90 Å². The molecule has 0 aromatic heterocycles. The third-order valence-electron chi connectivity index (χ3n) is 3.88. The lowest BCUT2D eigenvalue weighted by Crippen LogP contribution is -2.37. The molecular formula is C17H22BrNO3. The van der Waals surface area contributed by atoms with Gasteiger partial charge in [-0.3, -0.25) is 9.59 Å². The lowest BCUT2D eigenvalue weighted by molar-refractivity contribution is -0.139. The monoisotopic (exact) mass is 367 g/mol. The Bertz CT molecular complexity index is 559. The fourth-order valence-electron chi connectivity index (χ4n) is 2.77. The molecule has 4 nitrogen and oxygen atoms in total. The van der Waals surface area contributed by atoms with Crippen molar-refractivity contribution in [2.24, 2.45) is 11.8 Å². The fourth-order valence-corrected chi connectivity index (χ4v) is 3.19. The number of carboxylic acids is 1. The van der Waals surface area contributed by atoms with Crippen molar-refractivity contribution >= 4 is 27.8 Å². The molecule has 0 radical (unpaired) electrons. The van der Waals surface area contributed by atoms with E-state index in [0.29, 0.717) is 19.0 Å². The number of amides is 1. The van der Waals surface area contributed by atoms with E-state index in [1.54, 1.807) is 4.90 Å².